The molecule has 0 bridgehead atoms. The van der Waals surface area contributed by atoms with Gasteiger partial charge in [-0.3, -0.25) is 4.90 Å². The van der Waals surface area contributed by atoms with Crippen molar-refractivity contribution >= 4 is 11.6 Å². The molecule has 2 rings (SSSR count). The first-order valence-corrected chi connectivity index (χ1v) is 7.63. The van der Waals surface area contributed by atoms with E-state index in [1.807, 2.05) is 18.2 Å². The summed E-state index contributed by atoms with van der Waals surface area (Å²) >= 11 is 6.27. The molecule has 1 aromatic carbocycles. The van der Waals surface area contributed by atoms with E-state index in [-0.39, 0.29) is 5.54 Å². The maximum Gasteiger partial charge on any atom is 0.0453 e. The molecule has 3 heteroatoms. The van der Waals surface area contributed by atoms with E-state index in [0.717, 1.165) is 18.0 Å². The summed E-state index contributed by atoms with van der Waals surface area (Å²) < 4.78 is 0. The molecule has 0 saturated heterocycles. The highest BCUT2D eigenvalue weighted by Gasteiger charge is 2.29. The van der Waals surface area contributed by atoms with Gasteiger partial charge in [0.1, 0.15) is 0 Å². The molecule has 0 spiro atoms. The van der Waals surface area contributed by atoms with E-state index >= 15 is 0 Å². The third-order valence-electron chi connectivity index (χ3n) is 4.58. The minimum Gasteiger partial charge on any atom is -0.325 e. The monoisotopic (exact) mass is 280 g/mol. The summed E-state index contributed by atoms with van der Waals surface area (Å²) in [4.78, 5) is 2.36. The summed E-state index contributed by atoms with van der Waals surface area (Å²) in [5.74, 6) is 0. The predicted octanol–water partition coefficient (Wildman–Crippen LogP) is 3.99. The highest BCUT2D eigenvalue weighted by atomic mass is 35.5. The molecular weight excluding hydrogens is 256 g/mol. The van der Waals surface area contributed by atoms with Gasteiger partial charge in [0.05, 0.1) is 0 Å². The molecular formula is C16H25ClN2. The van der Waals surface area contributed by atoms with Gasteiger partial charge in [-0.2, -0.15) is 0 Å². The fourth-order valence-electron chi connectivity index (χ4n) is 2.97. The zero-order valence-corrected chi connectivity index (χ0v) is 12.8. The van der Waals surface area contributed by atoms with Gasteiger partial charge < -0.3 is 5.73 Å². The van der Waals surface area contributed by atoms with Crippen LogP contribution in [0, 0.1) is 0 Å². The van der Waals surface area contributed by atoms with E-state index in [2.05, 4.69) is 24.9 Å². The molecule has 0 amide bonds. The lowest BCUT2D eigenvalue weighted by atomic mass is 9.94. The van der Waals surface area contributed by atoms with Crippen LogP contribution in [0.1, 0.15) is 50.6 Å². The van der Waals surface area contributed by atoms with E-state index in [1.165, 1.54) is 31.2 Å². The summed E-state index contributed by atoms with van der Waals surface area (Å²) in [6, 6.07) is 8.43. The maximum atomic E-state index is 6.42. The Hall–Kier alpha value is -0.570. The second-order valence-corrected chi connectivity index (χ2v) is 6.40. The van der Waals surface area contributed by atoms with Crippen molar-refractivity contribution in [2.45, 2.75) is 50.6 Å². The van der Waals surface area contributed by atoms with Crippen LogP contribution < -0.4 is 5.73 Å². The first-order valence-electron chi connectivity index (χ1n) is 7.25. The number of nitrogens with zero attached hydrogens (tertiary/aromatic N) is 1. The summed E-state index contributed by atoms with van der Waals surface area (Å²) in [6.45, 7) is 3.24. The Labute approximate surface area is 121 Å². The van der Waals surface area contributed by atoms with Gasteiger partial charge >= 0.3 is 0 Å². The Kier molecular flexibility index (Phi) is 4.88. The highest BCUT2D eigenvalue weighted by molar-refractivity contribution is 6.31. The van der Waals surface area contributed by atoms with Gasteiger partial charge in [0.15, 0.2) is 0 Å². The van der Waals surface area contributed by atoms with Crippen LogP contribution in [0.5, 0.6) is 0 Å². The molecule has 1 aliphatic rings. The van der Waals surface area contributed by atoms with Gasteiger partial charge in [-0.25, -0.2) is 0 Å². The molecule has 0 radical (unpaired) electrons. The van der Waals surface area contributed by atoms with E-state index in [9.17, 15) is 0 Å². The number of hydrogen-bond acceptors (Lipinski definition) is 2. The van der Waals surface area contributed by atoms with Crippen molar-refractivity contribution in [3.8, 4) is 0 Å². The second-order valence-electron chi connectivity index (χ2n) is 6.00. The summed E-state index contributed by atoms with van der Waals surface area (Å²) in [7, 11) is 2.16. The number of hydrogen-bond donors (Lipinski definition) is 1. The van der Waals surface area contributed by atoms with Gasteiger partial charge in [0, 0.05) is 23.1 Å². The Balaban J connectivity index is 1.92. The lowest BCUT2D eigenvalue weighted by Gasteiger charge is -2.30. The summed E-state index contributed by atoms with van der Waals surface area (Å²) in [5, 5.41) is 0.852. The van der Waals surface area contributed by atoms with Crippen molar-refractivity contribution in [3.05, 3.63) is 34.9 Å². The Bertz CT molecular complexity index is 413. The van der Waals surface area contributed by atoms with Crippen LogP contribution in [-0.2, 0) is 0 Å². The van der Waals surface area contributed by atoms with Crippen LogP contribution in [0.2, 0.25) is 5.02 Å². The fourth-order valence-corrected chi connectivity index (χ4v) is 3.27. The quantitative estimate of drug-likeness (QED) is 0.883. The number of nitrogens with two attached hydrogens (primary N) is 1. The van der Waals surface area contributed by atoms with Crippen LogP contribution in [-0.4, -0.2) is 24.0 Å². The number of benzene rings is 1. The van der Waals surface area contributed by atoms with Crippen molar-refractivity contribution in [1.82, 2.24) is 4.90 Å². The molecule has 1 aliphatic carbocycles. The molecule has 19 heavy (non-hydrogen) atoms. The minimum atomic E-state index is 0.0778. The van der Waals surface area contributed by atoms with Crippen molar-refractivity contribution in [2.75, 3.05) is 13.6 Å². The molecule has 2 N–H and O–H groups in total. The molecule has 0 heterocycles. The average Bonchev–Trinajstić information content (AvgIpc) is 2.83. The number of halogens is 1. The zero-order chi connectivity index (χ0) is 13.9. The van der Waals surface area contributed by atoms with E-state index in [1.54, 1.807) is 0 Å². The zero-order valence-electron chi connectivity index (χ0n) is 12.0. The molecule has 2 nitrogen and oxygen atoms in total. The second kappa shape index (κ2) is 6.25. The molecule has 106 valence electrons. The van der Waals surface area contributed by atoms with Gasteiger partial charge in [0.25, 0.3) is 0 Å². The fraction of sp³-hybridized carbons (Fsp3) is 0.625. The first kappa shape index (κ1) is 14.8. The number of rotatable bonds is 5. The predicted molar refractivity (Wildman–Crippen MR) is 82.5 cm³/mol. The Morgan fingerprint density at radius 2 is 1.95 bits per heavy atom. The molecule has 0 aromatic heterocycles. The van der Waals surface area contributed by atoms with Crippen LogP contribution >= 0.6 is 11.6 Å². The Morgan fingerprint density at radius 3 is 2.58 bits per heavy atom. The van der Waals surface area contributed by atoms with Crippen molar-refractivity contribution in [1.29, 1.82) is 0 Å². The standard InChI is InChI=1S/C16H25ClN2/c1-13(14-7-3-4-8-15(14)17)19(2)12-11-16(18)9-5-6-10-16/h3-4,7-8,13H,5-6,9-12,18H2,1-2H3. The van der Waals surface area contributed by atoms with Crippen molar-refractivity contribution < 1.29 is 0 Å². The molecule has 1 fully saturated rings. The van der Waals surface area contributed by atoms with Gasteiger partial charge in [-0.1, -0.05) is 42.6 Å². The molecule has 1 saturated carbocycles. The molecule has 1 aromatic rings. The lowest BCUT2D eigenvalue weighted by Crippen LogP contribution is -2.40. The molecule has 0 aliphatic heterocycles. The Morgan fingerprint density at radius 1 is 1.32 bits per heavy atom. The van der Waals surface area contributed by atoms with Crippen LogP contribution in [0.15, 0.2) is 24.3 Å². The minimum absolute atomic E-state index is 0.0778. The summed E-state index contributed by atoms with van der Waals surface area (Å²) in [5.41, 5.74) is 7.70. The van der Waals surface area contributed by atoms with Crippen LogP contribution in [0.25, 0.3) is 0 Å². The first-order chi connectivity index (χ1) is 9.02. The third-order valence-corrected chi connectivity index (χ3v) is 4.92. The normalized spacial score (nSPS) is 19.8. The molecule has 1 atom stereocenters. The maximum absolute atomic E-state index is 6.42. The van der Waals surface area contributed by atoms with Gasteiger partial charge in [-0.15, -0.1) is 0 Å². The average molecular weight is 281 g/mol. The topological polar surface area (TPSA) is 29.3 Å². The van der Waals surface area contributed by atoms with Crippen LogP contribution in [0.4, 0.5) is 0 Å². The smallest absolute Gasteiger partial charge is 0.0453 e. The highest BCUT2D eigenvalue weighted by Crippen LogP contribution is 2.32. The van der Waals surface area contributed by atoms with E-state index < -0.39 is 0 Å². The van der Waals surface area contributed by atoms with Crippen LogP contribution in [0.3, 0.4) is 0 Å². The molecule has 1 unspecified atom stereocenters. The third kappa shape index (κ3) is 3.71. The largest absolute Gasteiger partial charge is 0.325 e. The SMILES string of the molecule is CC(c1ccccc1Cl)N(C)CCC1(N)CCCC1. The van der Waals surface area contributed by atoms with Crippen molar-refractivity contribution in [3.63, 3.8) is 0 Å². The van der Waals surface area contributed by atoms with Gasteiger partial charge in [-0.05, 0) is 44.9 Å². The lowest BCUT2D eigenvalue weighted by molar-refractivity contribution is 0.229. The van der Waals surface area contributed by atoms with E-state index in [0.29, 0.717) is 6.04 Å². The van der Waals surface area contributed by atoms with Gasteiger partial charge in [0.2, 0.25) is 0 Å². The van der Waals surface area contributed by atoms with Crippen molar-refractivity contribution in [2.24, 2.45) is 5.73 Å². The van der Waals surface area contributed by atoms with E-state index in [4.69, 9.17) is 17.3 Å². The summed E-state index contributed by atoms with van der Waals surface area (Å²) in [6.07, 6.45) is 6.03.